The molecule has 0 amide bonds. The smallest absolute Gasteiger partial charge is 0.278 e. The second kappa shape index (κ2) is 7.90. The van der Waals surface area contributed by atoms with E-state index in [0.717, 1.165) is 32.9 Å². The van der Waals surface area contributed by atoms with E-state index in [9.17, 15) is 8.78 Å². The molecule has 2 aromatic heterocycles. The first kappa shape index (κ1) is 22.8. The minimum absolute atomic E-state index is 0.150. The van der Waals surface area contributed by atoms with E-state index in [4.69, 9.17) is 0 Å². The van der Waals surface area contributed by atoms with E-state index >= 15 is 4.39 Å². The van der Waals surface area contributed by atoms with E-state index in [1.165, 1.54) is 26.0 Å². The molecule has 4 nitrogen and oxygen atoms in total. The molecular weight excluding hydrogens is 425 g/mol. The van der Waals surface area contributed by atoms with Crippen LogP contribution in [0.3, 0.4) is 0 Å². The molecule has 0 aliphatic carbocycles. The number of hydrogen-bond acceptors (Lipinski definition) is 3. The van der Waals surface area contributed by atoms with Crippen LogP contribution in [0, 0.1) is 18.7 Å². The van der Waals surface area contributed by atoms with Crippen molar-refractivity contribution in [2.45, 2.75) is 39.7 Å². The summed E-state index contributed by atoms with van der Waals surface area (Å²) >= 11 is 0. The van der Waals surface area contributed by atoms with Crippen molar-refractivity contribution in [3.8, 4) is 0 Å². The number of alkyl halides is 2. The van der Waals surface area contributed by atoms with Gasteiger partial charge in [-0.2, -0.15) is 0 Å². The van der Waals surface area contributed by atoms with Crippen molar-refractivity contribution in [2.75, 3.05) is 5.32 Å². The fourth-order valence-electron chi connectivity index (χ4n) is 4.15. The Kier molecular flexibility index (Phi) is 5.47. The number of anilines is 1. The Balaban J connectivity index is 1.83. The van der Waals surface area contributed by atoms with Crippen LogP contribution < -0.4 is 15.9 Å². The molecule has 0 radical (unpaired) electrons. The largest absolute Gasteiger partial charge is 0.363 e. The highest BCUT2D eigenvalue weighted by Crippen LogP contribution is 2.39. The molecule has 0 fully saturated rings. The van der Waals surface area contributed by atoms with Crippen LogP contribution >= 0.6 is 0 Å². The number of aromatic nitrogens is 3. The Morgan fingerprint density at radius 2 is 1.76 bits per heavy atom. The monoisotopic (exact) mass is 452 g/mol. The van der Waals surface area contributed by atoms with Crippen molar-refractivity contribution in [1.29, 1.82) is 0 Å². The van der Waals surface area contributed by atoms with Gasteiger partial charge in [0.05, 0.1) is 17.1 Å². The summed E-state index contributed by atoms with van der Waals surface area (Å²) in [6, 6.07) is 7.40. The summed E-state index contributed by atoms with van der Waals surface area (Å²) in [5.74, 6) is -4.16. The van der Waals surface area contributed by atoms with Crippen LogP contribution in [-0.2, 0) is 13.0 Å². The summed E-state index contributed by atoms with van der Waals surface area (Å²) in [5, 5.41) is 6.54. The van der Waals surface area contributed by atoms with Crippen LogP contribution in [0.15, 0.2) is 30.3 Å². The highest BCUT2D eigenvalue weighted by molar-refractivity contribution is 6.00. The maximum atomic E-state index is 15.2. The third kappa shape index (κ3) is 3.65. The van der Waals surface area contributed by atoms with Crippen LogP contribution in [0.25, 0.3) is 35.0 Å². The molecule has 7 heteroatoms. The normalized spacial score (nSPS) is 13.2. The number of benzene rings is 2. The van der Waals surface area contributed by atoms with Gasteiger partial charge in [-0.25, -0.2) is 23.1 Å². The SMILES string of the molecule is C=c1c(=C)n(C)c2cc3c(N[C@H](C)c4cccc(C(F)(F)C(C)C)c4F)nc(C)nc3cc12. The molecule has 0 spiro atoms. The van der Waals surface area contributed by atoms with Crippen LogP contribution in [0.1, 0.15) is 43.8 Å². The van der Waals surface area contributed by atoms with E-state index in [1.807, 2.05) is 23.7 Å². The molecule has 2 heterocycles. The number of aryl methyl sites for hydroxylation is 2. The Bertz CT molecular complexity index is 1490. The van der Waals surface area contributed by atoms with E-state index in [0.29, 0.717) is 17.2 Å². The van der Waals surface area contributed by atoms with Gasteiger partial charge in [0.1, 0.15) is 17.5 Å². The maximum Gasteiger partial charge on any atom is 0.278 e. The molecule has 172 valence electrons. The number of halogens is 3. The Morgan fingerprint density at radius 3 is 2.42 bits per heavy atom. The molecule has 0 bridgehead atoms. The third-order valence-corrected chi connectivity index (χ3v) is 6.30. The van der Waals surface area contributed by atoms with Crippen molar-refractivity contribution in [2.24, 2.45) is 13.0 Å². The Labute approximate surface area is 190 Å². The van der Waals surface area contributed by atoms with Crippen LogP contribution in [0.2, 0.25) is 0 Å². The second-order valence-corrected chi connectivity index (χ2v) is 8.84. The van der Waals surface area contributed by atoms with Crippen molar-refractivity contribution in [3.63, 3.8) is 0 Å². The topological polar surface area (TPSA) is 42.7 Å². The van der Waals surface area contributed by atoms with Crippen molar-refractivity contribution in [3.05, 3.63) is 63.7 Å². The summed E-state index contributed by atoms with van der Waals surface area (Å²) in [4.78, 5) is 9.08. The lowest BCUT2D eigenvalue weighted by molar-refractivity contribution is -0.0545. The van der Waals surface area contributed by atoms with Crippen LogP contribution in [0.5, 0.6) is 0 Å². The molecular formula is C26H27F3N4. The van der Waals surface area contributed by atoms with Gasteiger partial charge in [-0.3, -0.25) is 0 Å². The number of nitrogens with one attached hydrogen (secondary N) is 1. The van der Waals surface area contributed by atoms with Gasteiger partial charge in [-0.05, 0) is 31.2 Å². The molecule has 4 rings (SSSR count). The fraction of sp³-hybridized carbons (Fsp3) is 0.308. The molecule has 2 aromatic carbocycles. The van der Waals surface area contributed by atoms with Crippen molar-refractivity contribution >= 4 is 40.8 Å². The van der Waals surface area contributed by atoms with Gasteiger partial charge >= 0.3 is 0 Å². The molecule has 0 aliphatic rings. The van der Waals surface area contributed by atoms with Crippen molar-refractivity contribution < 1.29 is 13.2 Å². The van der Waals surface area contributed by atoms with E-state index in [2.05, 4.69) is 28.4 Å². The first-order valence-corrected chi connectivity index (χ1v) is 10.8. The number of fused-ring (bicyclic) bond motifs is 2. The predicted octanol–water partition coefficient (Wildman–Crippen LogP) is 5.31. The summed E-state index contributed by atoms with van der Waals surface area (Å²) in [6.45, 7) is 14.4. The Morgan fingerprint density at radius 1 is 1.06 bits per heavy atom. The molecule has 1 atom stereocenters. The first-order valence-electron chi connectivity index (χ1n) is 10.8. The molecule has 0 unspecified atom stereocenters. The average molecular weight is 453 g/mol. The van der Waals surface area contributed by atoms with Crippen LogP contribution in [-0.4, -0.2) is 14.5 Å². The first-order chi connectivity index (χ1) is 15.4. The minimum Gasteiger partial charge on any atom is -0.363 e. The van der Waals surface area contributed by atoms with Gasteiger partial charge < -0.3 is 9.88 Å². The molecule has 33 heavy (non-hydrogen) atoms. The Hall–Kier alpha value is -3.35. The molecule has 4 aromatic rings. The van der Waals surface area contributed by atoms with Gasteiger partial charge in [0.2, 0.25) is 0 Å². The molecule has 0 saturated carbocycles. The fourth-order valence-corrected chi connectivity index (χ4v) is 4.15. The van der Waals surface area contributed by atoms with Gasteiger partial charge in [0.15, 0.2) is 0 Å². The molecule has 0 aliphatic heterocycles. The zero-order chi connectivity index (χ0) is 24.2. The second-order valence-electron chi connectivity index (χ2n) is 8.84. The van der Waals surface area contributed by atoms with Crippen molar-refractivity contribution in [1.82, 2.24) is 14.5 Å². The third-order valence-electron chi connectivity index (χ3n) is 6.30. The zero-order valence-electron chi connectivity index (χ0n) is 19.4. The summed E-state index contributed by atoms with van der Waals surface area (Å²) < 4.78 is 46.4. The lowest BCUT2D eigenvalue weighted by Gasteiger charge is -2.24. The van der Waals surface area contributed by atoms with Crippen LogP contribution in [0.4, 0.5) is 19.0 Å². The predicted molar refractivity (Wildman–Crippen MR) is 128 cm³/mol. The lowest BCUT2D eigenvalue weighted by atomic mass is 9.94. The van der Waals surface area contributed by atoms with E-state index in [-0.39, 0.29) is 5.56 Å². The maximum absolute atomic E-state index is 15.2. The molecule has 1 N–H and O–H groups in total. The average Bonchev–Trinajstić information content (AvgIpc) is 2.95. The lowest BCUT2D eigenvalue weighted by Crippen LogP contribution is -2.24. The summed E-state index contributed by atoms with van der Waals surface area (Å²) in [6.07, 6.45) is 0. The number of hydrogen-bond donors (Lipinski definition) is 1. The highest BCUT2D eigenvalue weighted by Gasteiger charge is 2.39. The van der Waals surface area contributed by atoms with E-state index < -0.39 is 29.3 Å². The minimum atomic E-state index is -3.27. The number of nitrogens with zero attached hydrogens (tertiary/aromatic N) is 3. The van der Waals surface area contributed by atoms with E-state index in [1.54, 1.807) is 13.8 Å². The summed E-state index contributed by atoms with van der Waals surface area (Å²) in [5.41, 5.74) is 1.19. The molecule has 0 saturated heterocycles. The highest BCUT2D eigenvalue weighted by atomic mass is 19.3. The number of rotatable bonds is 5. The van der Waals surface area contributed by atoms with Gasteiger partial charge in [0, 0.05) is 40.2 Å². The van der Waals surface area contributed by atoms with Gasteiger partial charge in [-0.1, -0.05) is 45.2 Å². The summed E-state index contributed by atoms with van der Waals surface area (Å²) in [7, 11) is 1.91. The van der Waals surface area contributed by atoms with Gasteiger partial charge in [-0.15, -0.1) is 0 Å². The van der Waals surface area contributed by atoms with Gasteiger partial charge in [0.25, 0.3) is 5.92 Å². The zero-order valence-corrected chi connectivity index (χ0v) is 19.4. The standard InChI is InChI=1S/C26H27F3N4/c1-13(2)26(28,29)21-10-8-9-18(24(21)27)15(4)30-25-20-12-23-19(14(3)16(5)33(23)7)11-22(20)31-17(6)32-25/h8-13,15H,3,5H2,1-2,4,6-7H3,(H,30,31,32)/t15-/m1/s1. The quantitative estimate of drug-likeness (QED) is 0.446.